The molecule has 0 bridgehead atoms. The number of aromatic nitrogens is 1. The van der Waals surface area contributed by atoms with Crippen molar-refractivity contribution in [2.45, 2.75) is 32.9 Å². The number of carbonyl (C=O) groups is 1. The normalized spacial score (nSPS) is 11.3. The van der Waals surface area contributed by atoms with Crippen molar-refractivity contribution >= 4 is 28.7 Å². The molecule has 4 rings (SSSR count). The summed E-state index contributed by atoms with van der Waals surface area (Å²) in [7, 11) is 4.86. The summed E-state index contributed by atoms with van der Waals surface area (Å²) in [5.74, 6) is 0.788. The van der Waals surface area contributed by atoms with E-state index in [0.717, 1.165) is 5.56 Å². The number of nitrogens with one attached hydrogen (secondary N) is 1. The number of amides is 1. The minimum atomic E-state index is -0.632. The lowest BCUT2D eigenvalue weighted by Crippen LogP contribution is -2.32. The largest absolute Gasteiger partial charge is 0.495 e. The topological polar surface area (TPSA) is 90.9 Å². The van der Waals surface area contributed by atoms with Crippen molar-refractivity contribution in [3.8, 4) is 33.9 Å². The number of hydrogen-bond acceptors (Lipinski definition) is 6. The molecule has 38 heavy (non-hydrogen) atoms. The van der Waals surface area contributed by atoms with Gasteiger partial charge < -0.3 is 23.9 Å². The third kappa shape index (κ3) is 5.75. The van der Waals surface area contributed by atoms with E-state index in [1.165, 1.54) is 14.2 Å². The Hall–Kier alpha value is -4.04. The number of benzene rings is 2. The summed E-state index contributed by atoms with van der Waals surface area (Å²) in [6, 6.07) is 12.5. The van der Waals surface area contributed by atoms with E-state index < -0.39 is 11.7 Å². The average Bonchev–Trinajstić information content (AvgIpc) is 2.86. The van der Waals surface area contributed by atoms with Crippen LogP contribution in [0.2, 0.25) is 5.02 Å². The van der Waals surface area contributed by atoms with Crippen LogP contribution in [0.3, 0.4) is 0 Å². The first-order chi connectivity index (χ1) is 18.0. The van der Waals surface area contributed by atoms with Gasteiger partial charge in [-0.2, -0.15) is 0 Å². The Balaban J connectivity index is 1.91. The molecule has 4 aromatic rings. The monoisotopic (exact) mass is 537 g/mol. The van der Waals surface area contributed by atoms with E-state index in [-0.39, 0.29) is 23.5 Å². The van der Waals surface area contributed by atoms with Crippen molar-refractivity contribution in [1.82, 2.24) is 5.32 Å². The van der Waals surface area contributed by atoms with E-state index in [2.05, 4.69) is 5.32 Å². The average molecular weight is 538 g/mol. The van der Waals surface area contributed by atoms with Gasteiger partial charge in [-0.25, -0.2) is 9.36 Å². The van der Waals surface area contributed by atoms with Crippen LogP contribution in [0.15, 0.2) is 64.1 Å². The van der Waals surface area contributed by atoms with E-state index in [4.69, 9.17) is 30.2 Å². The SMILES string of the molecule is COc1ccc(-c2oc3c(-c4cc[n+](C)cc4)cc(CNC(=O)OC(C)(C)C)cc3c(=O)c2OC)cc1Cl. The smallest absolute Gasteiger partial charge is 0.407 e. The van der Waals surface area contributed by atoms with Crippen LogP contribution in [-0.2, 0) is 18.3 Å². The minimum absolute atomic E-state index is 0.0430. The highest BCUT2D eigenvalue weighted by atomic mass is 35.5. The Morgan fingerprint density at radius 1 is 1.03 bits per heavy atom. The van der Waals surface area contributed by atoms with Gasteiger partial charge in [0.05, 0.1) is 24.6 Å². The van der Waals surface area contributed by atoms with E-state index in [9.17, 15) is 9.59 Å². The molecule has 0 aliphatic rings. The molecule has 1 amide bonds. The molecule has 0 radical (unpaired) electrons. The third-order valence-corrected chi connectivity index (χ3v) is 6.05. The van der Waals surface area contributed by atoms with Gasteiger partial charge in [0, 0.05) is 29.8 Å². The van der Waals surface area contributed by atoms with E-state index in [1.807, 2.05) is 42.2 Å². The number of aryl methyl sites for hydroxylation is 1. The lowest BCUT2D eigenvalue weighted by Gasteiger charge is -2.20. The summed E-state index contributed by atoms with van der Waals surface area (Å²) in [4.78, 5) is 26.0. The second kappa shape index (κ2) is 10.8. The van der Waals surface area contributed by atoms with Gasteiger partial charge in [-0.05, 0) is 62.2 Å². The molecular formula is C29H30ClN2O6+. The highest BCUT2D eigenvalue weighted by Gasteiger charge is 2.22. The van der Waals surface area contributed by atoms with Gasteiger partial charge in [0.1, 0.15) is 24.0 Å². The number of carbonyl (C=O) groups excluding carboxylic acids is 1. The zero-order chi connectivity index (χ0) is 27.6. The van der Waals surface area contributed by atoms with Crippen molar-refractivity contribution in [2.24, 2.45) is 7.05 Å². The highest BCUT2D eigenvalue weighted by molar-refractivity contribution is 6.32. The molecule has 0 spiro atoms. The van der Waals surface area contributed by atoms with Gasteiger partial charge in [-0.3, -0.25) is 4.79 Å². The molecular weight excluding hydrogens is 508 g/mol. The predicted octanol–water partition coefficient (Wildman–Crippen LogP) is 5.65. The molecule has 0 saturated carbocycles. The molecule has 0 aliphatic carbocycles. The quantitative estimate of drug-likeness (QED) is 0.320. The Morgan fingerprint density at radius 3 is 2.34 bits per heavy atom. The highest BCUT2D eigenvalue weighted by Crippen LogP contribution is 2.38. The van der Waals surface area contributed by atoms with Crippen LogP contribution in [0.5, 0.6) is 11.5 Å². The number of alkyl carbamates (subject to hydrolysis) is 1. The first-order valence-electron chi connectivity index (χ1n) is 11.9. The Kier molecular flexibility index (Phi) is 7.64. The van der Waals surface area contributed by atoms with E-state index >= 15 is 0 Å². The van der Waals surface area contributed by atoms with Crippen molar-refractivity contribution in [3.63, 3.8) is 0 Å². The van der Waals surface area contributed by atoms with Crippen molar-refractivity contribution in [1.29, 1.82) is 0 Å². The minimum Gasteiger partial charge on any atom is -0.495 e. The van der Waals surface area contributed by atoms with Crippen LogP contribution in [0.25, 0.3) is 33.4 Å². The van der Waals surface area contributed by atoms with Crippen LogP contribution >= 0.6 is 11.6 Å². The standard InChI is InChI=1S/C29H29ClN2O6/c1-29(2,3)38-28(34)31-16-17-13-20(18-9-11-32(4)12-10-18)26-21(14-17)24(33)27(36-6)25(37-26)19-7-8-23(35-5)22(30)15-19/h7-15H,16H2,1-6H3/p+1. The van der Waals surface area contributed by atoms with Gasteiger partial charge in [-0.15, -0.1) is 0 Å². The van der Waals surface area contributed by atoms with Crippen LogP contribution < -0.4 is 24.8 Å². The van der Waals surface area contributed by atoms with Gasteiger partial charge in [-0.1, -0.05) is 11.6 Å². The first kappa shape index (κ1) is 27.0. The fourth-order valence-electron chi connectivity index (χ4n) is 4.01. The molecule has 2 aromatic carbocycles. The zero-order valence-corrected chi connectivity index (χ0v) is 22.9. The van der Waals surface area contributed by atoms with E-state index in [1.54, 1.807) is 45.0 Å². The van der Waals surface area contributed by atoms with Crippen LogP contribution in [0, 0.1) is 0 Å². The maximum Gasteiger partial charge on any atom is 0.407 e. The number of methoxy groups -OCH3 is 2. The molecule has 0 atom stereocenters. The lowest BCUT2D eigenvalue weighted by molar-refractivity contribution is -0.671. The van der Waals surface area contributed by atoms with Gasteiger partial charge in [0.2, 0.25) is 11.2 Å². The van der Waals surface area contributed by atoms with Gasteiger partial charge in [0.15, 0.2) is 18.2 Å². The number of nitrogens with zero attached hydrogens (tertiary/aromatic N) is 1. The fourth-order valence-corrected chi connectivity index (χ4v) is 4.27. The zero-order valence-electron chi connectivity index (χ0n) is 22.2. The summed E-state index contributed by atoms with van der Waals surface area (Å²) in [5.41, 5.74) is 2.18. The number of rotatable bonds is 6. The van der Waals surface area contributed by atoms with Crippen LogP contribution in [-0.4, -0.2) is 25.9 Å². The number of hydrogen-bond donors (Lipinski definition) is 1. The first-order valence-corrected chi connectivity index (χ1v) is 12.3. The second-order valence-corrected chi connectivity index (χ2v) is 10.2. The third-order valence-electron chi connectivity index (χ3n) is 5.75. The number of pyridine rings is 1. The molecule has 9 heteroatoms. The maximum absolute atomic E-state index is 13.7. The number of fused-ring (bicyclic) bond motifs is 1. The fraction of sp³-hybridized carbons (Fsp3) is 0.276. The Morgan fingerprint density at radius 2 is 1.74 bits per heavy atom. The molecule has 8 nitrogen and oxygen atoms in total. The van der Waals surface area contributed by atoms with Crippen molar-refractivity contribution < 1.29 is 28.0 Å². The summed E-state index contributed by atoms with van der Waals surface area (Å²) >= 11 is 6.36. The summed E-state index contributed by atoms with van der Waals surface area (Å²) in [6.45, 7) is 5.53. The maximum atomic E-state index is 13.7. The summed E-state index contributed by atoms with van der Waals surface area (Å²) in [5, 5.41) is 3.44. The summed E-state index contributed by atoms with van der Waals surface area (Å²) in [6.07, 6.45) is 3.25. The van der Waals surface area contributed by atoms with Crippen molar-refractivity contribution in [2.75, 3.05) is 14.2 Å². The molecule has 198 valence electrons. The molecule has 0 saturated heterocycles. The van der Waals surface area contributed by atoms with Crippen molar-refractivity contribution in [3.05, 3.63) is 75.7 Å². The molecule has 0 fully saturated rings. The van der Waals surface area contributed by atoms with Gasteiger partial charge >= 0.3 is 6.09 Å². The lowest BCUT2D eigenvalue weighted by atomic mass is 9.99. The molecule has 0 aliphatic heterocycles. The number of ether oxygens (including phenoxy) is 3. The van der Waals surface area contributed by atoms with Gasteiger partial charge in [0.25, 0.3) is 0 Å². The summed E-state index contributed by atoms with van der Waals surface area (Å²) < 4.78 is 24.4. The number of halogens is 1. The van der Waals surface area contributed by atoms with Crippen LogP contribution in [0.1, 0.15) is 26.3 Å². The molecule has 2 heterocycles. The Labute approximate surface area is 225 Å². The molecule has 0 unspecified atom stereocenters. The molecule has 2 aromatic heterocycles. The second-order valence-electron chi connectivity index (χ2n) is 9.77. The Bertz CT molecular complexity index is 1560. The molecule has 1 N–H and O–H groups in total. The predicted molar refractivity (Wildman–Crippen MR) is 146 cm³/mol. The van der Waals surface area contributed by atoms with Crippen LogP contribution in [0.4, 0.5) is 4.79 Å². The van der Waals surface area contributed by atoms with E-state index in [0.29, 0.717) is 38.4 Å².